The molecule has 10 heteroatoms. The van der Waals surface area contributed by atoms with E-state index in [9.17, 15) is 9.59 Å². The number of rotatable bonds is 6. The van der Waals surface area contributed by atoms with Gasteiger partial charge in [-0.1, -0.05) is 10.3 Å². The Kier molecular flexibility index (Phi) is 8.54. The van der Waals surface area contributed by atoms with Crippen molar-refractivity contribution >= 4 is 18.3 Å². The molecule has 10 nitrogen and oxygen atoms in total. The van der Waals surface area contributed by atoms with Crippen LogP contribution in [-0.4, -0.2) is 71.3 Å². The number of likely N-dealkylation sites (tertiary alicyclic amines) is 1. The van der Waals surface area contributed by atoms with Gasteiger partial charge >= 0.3 is 0 Å². The van der Waals surface area contributed by atoms with E-state index in [0.29, 0.717) is 24.4 Å². The van der Waals surface area contributed by atoms with Gasteiger partial charge in [-0.05, 0) is 26.8 Å². The maximum Gasteiger partial charge on any atom is 0.290 e. The van der Waals surface area contributed by atoms with Crippen molar-refractivity contribution in [3.05, 3.63) is 11.4 Å². The summed E-state index contributed by atoms with van der Waals surface area (Å²) in [6.45, 7) is 2.08. The van der Waals surface area contributed by atoms with Crippen molar-refractivity contribution in [2.45, 2.75) is 44.7 Å². The highest BCUT2D eigenvalue weighted by Crippen LogP contribution is 2.24. The summed E-state index contributed by atoms with van der Waals surface area (Å²) in [7, 11) is 3.65. The number of hydrogen-bond donors (Lipinski definition) is 3. The van der Waals surface area contributed by atoms with Crippen LogP contribution >= 0.6 is 0 Å². The highest BCUT2D eigenvalue weighted by atomic mass is 16.6. The van der Waals surface area contributed by atoms with Crippen molar-refractivity contribution < 1.29 is 24.1 Å². The first-order chi connectivity index (χ1) is 11.9. The number of likely N-dealkylation sites (N-methyl/N-ethyl adjacent to an activating group) is 1. The number of carbonyl (C=O) groups is 3. The molecule has 1 aromatic rings. The molecule has 2 atom stereocenters. The average molecular weight is 355 g/mol. The van der Waals surface area contributed by atoms with Gasteiger partial charge in [0, 0.05) is 32.1 Å². The van der Waals surface area contributed by atoms with E-state index in [1.54, 1.807) is 14.0 Å². The maximum absolute atomic E-state index is 11.9. The fourth-order valence-electron chi connectivity index (χ4n) is 2.75. The van der Waals surface area contributed by atoms with E-state index in [0.717, 1.165) is 12.8 Å². The van der Waals surface area contributed by atoms with Gasteiger partial charge in [0.25, 0.3) is 6.47 Å². The molecule has 0 unspecified atom stereocenters. The summed E-state index contributed by atoms with van der Waals surface area (Å²) < 4.78 is 4.58. The molecule has 140 valence electrons. The summed E-state index contributed by atoms with van der Waals surface area (Å²) in [5.74, 6) is -0.0440. The number of nitrogens with zero attached hydrogens (tertiary/aromatic N) is 3. The molecule has 2 rings (SSSR count). The van der Waals surface area contributed by atoms with Crippen molar-refractivity contribution in [3.8, 4) is 0 Å². The van der Waals surface area contributed by atoms with Crippen molar-refractivity contribution in [2.75, 3.05) is 20.6 Å². The lowest BCUT2D eigenvalue weighted by Crippen LogP contribution is -2.42. The van der Waals surface area contributed by atoms with E-state index in [-0.39, 0.29) is 36.8 Å². The van der Waals surface area contributed by atoms with Crippen molar-refractivity contribution in [2.24, 2.45) is 0 Å². The minimum atomic E-state index is -0.250. The Balaban J connectivity index is 0.000000970. The van der Waals surface area contributed by atoms with Crippen LogP contribution in [0.5, 0.6) is 0 Å². The van der Waals surface area contributed by atoms with E-state index in [4.69, 9.17) is 9.90 Å². The third-order valence-corrected chi connectivity index (χ3v) is 4.29. The molecule has 25 heavy (non-hydrogen) atoms. The van der Waals surface area contributed by atoms with Gasteiger partial charge in [-0.25, -0.2) is 4.63 Å². The van der Waals surface area contributed by atoms with Crippen LogP contribution in [0.2, 0.25) is 0 Å². The summed E-state index contributed by atoms with van der Waals surface area (Å²) in [5, 5.41) is 19.8. The summed E-state index contributed by atoms with van der Waals surface area (Å²) in [5.41, 5.74) is 1.20. The van der Waals surface area contributed by atoms with Gasteiger partial charge in [0.2, 0.25) is 11.8 Å². The summed E-state index contributed by atoms with van der Waals surface area (Å²) in [6, 6.07) is 0.499. The molecule has 3 N–H and O–H groups in total. The number of amides is 2. The number of aryl methyl sites for hydroxylation is 1. The van der Waals surface area contributed by atoms with Gasteiger partial charge in [-0.2, -0.15) is 0 Å². The lowest BCUT2D eigenvalue weighted by molar-refractivity contribution is -0.123. The fourth-order valence-corrected chi connectivity index (χ4v) is 2.75. The minimum Gasteiger partial charge on any atom is -0.483 e. The zero-order chi connectivity index (χ0) is 18.8. The Morgan fingerprint density at radius 1 is 1.32 bits per heavy atom. The van der Waals surface area contributed by atoms with Crippen LogP contribution in [0.25, 0.3) is 0 Å². The number of nitrogens with one attached hydrogen (secondary N) is 2. The molecule has 1 aromatic heterocycles. The average Bonchev–Trinajstić information content (AvgIpc) is 3.13. The number of carboxylic acid groups (broad SMARTS) is 1. The van der Waals surface area contributed by atoms with Gasteiger partial charge < -0.3 is 15.7 Å². The van der Waals surface area contributed by atoms with Gasteiger partial charge in [0.1, 0.15) is 11.4 Å². The maximum atomic E-state index is 11.9. The summed E-state index contributed by atoms with van der Waals surface area (Å²) in [4.78, 5) is 33.9. The van der Waals surface area contributed by atoms with E-state index >= 15 is 0 Å². The normalized spacial score (nSPS) is 19.6. The molecular formula is C15H25N5O5. The second-order valence-corrected chi connectivity index (χ2v) is 5.81. The third kappa shape index (κ3) is 6.49. The summed E-state index contributed by atoms with van der Waals surface area (Å²) >= 11 is 0. The van der Waals surface area contributed by atoms with Gasteiger partial charge in [0.15, 0.2) is 0 Å². The molecule has 0 aromatic carbocycles. The Morgan fingerprint density at radius 3 is 2.52 bits per heavy atom. The Labute approximate surface area is 145 Å². The third-order valence-electron chi connectivity index (χ3n) is 4.29. The fraction of sp³-hybridized carbons (Fsp3) is 0.667. The van der Waals surface area contributed by atoms with Crippen LogP contribution in [0.1, 0.15) is 30.7 Å². The van der Waals surface area contributed by atoms with E-state index in [2.05, 4.69) is 30.5 Å². The SMILES string of the molecule is CNC(=O)C[C@H]1CC[C@@H](CNC(=O)Cc2nonc2C)N1C.O=CO. The molecule has 2 amide bonds. The molecule has 0 saturated carbocycles. The molecule has 2 heterocycles. The first kappa shape index (κ1) is 20.6. The Bertz CT molecular complexity index is 576. The zero-order valence-corrected chi connectivity index (χ0v) is 14.7. The zero-order valence-electron chi connectivity index (χ0n) is 14.7. The predicted octanol–water partition coefficient (Wildman–Crippen LogP) is -0.664. The second-order valence-electron chi connectivity index (χ2n) is 5.81. The van der Waals surface area contributed by atoms with E-state index in [1.807, 2.05) is 7.05 Å². The monoisotopic (exact) mass is 355 g/mol. The Morgan fingerprint density at radius 2 is 1.96 bits per heavy atom. The van der Waals surface area contributed by atoms with Gasteiger partial charge in [0.05, 0.1) is 6.42 Å². The van der Waals surface area contributed by atoms with Crippen LogP contribution in [0.15, 0.2) is 4.63 Å². The van der Waals surface area contributed by atoms with E-state index in [1.165, 1.54) is 0 Å². The Hall–Kier alpha value is -2.49. The minimum absolute atomic E-state index is 0.0514. The van der Waals surface area contributed by atoms with Gasteiger partial charge in [-0.3, -0.25) is 19.3 Å². The quantitative estimate of drug-likeness (QED) is 0.572. The van der Waals surface area contributed by atoms with Crippen molar-refractivity contribution in [1.29, 1.82) is 0 Å². The lowest BCUT2D eigenvalue weighted by Gasteiger charge is -2.25. The molecule has 1 aliphatic heterocycles. The largest absolute Gasteiger partial charge is 0.483 e. The lowest BCUT2D eigenvalue weighted by atomic mass is 10.1. The highest BCUT2D eigenvalue weighted by molar-refractivity contribution is 5.78. The molecule has 1 aliphatic rings. The second kappa shape index (κ2) is 10.4. The first-order valence-corrected chi connectivity index (χ1v) is 7.98. The molecule has 0 radical (unpaired) electrons. The molecule has 0 spiro atoms. The smallest absolute Gasteiger partial charge is 0.290 e. The van der Waals surface area contributed by atoms with Crippen LogP contribution in [0, 0.1) is 6.92 Å². The van der Waals surface area contributed by atoms with Crippen molar-refractivity contribution in [3.63, 3.8) is 0 Å². The van der Waals surface area contributed by atoms with Crippen LogP contribution in [-0.2, 0) is 20.8 Å². The molecular weight excluding hydrogens is 330 g/mol. The topological polar surface area (TPSA) is 138 Å². The molecule has 0 bridgehead atoms. The predicted molar refractivity (Wildman–Crippen MR) is 87.7 cm³/mol. The standard InChI is InChI=1S/C14H23N5O3.CH2O2/c1-9-12(18-22-17-9)7-14(21)16-8-11-5-4-10(19(11)3)6-13(20)15-2;2-1-3/h10-11H,4-8H2,1-3H3,(H,15,20)(H,16,21);1H,(H,2,3)/t10-,11+;/m1./s1. The summed E-state index contributed by atoms with van der Waals surface area (Å²) in [6.07, 6.45) is 2.62. The molecule has 1 fully saturated rings. The van der Waals surface area contributed by atoms with E-state index < -0.39 is 0 Å². The van der Waals surface area contributed by atoms with Crippen LogP contribution < -0.4 is 10.6 Å². The first-order valence-electron chi connectivity index (χ1n) is 7.98. The molecule has 1 saturated heterocycles. The number of aromatic nitrogens is 2. The highest BCUT2D eigenvalue weighted by Gasteiger charge is 2.31. The van der Waals surface area contributed by atoms with Crippen molar-refractivity contribution in [1.82, 2.24) is 25.8 Å². The van der Waals surface area contributed by atoms with Crippen LogP contribution in [0.4, 0.5) is 0 Å². The van der Waals surface area contributed by atoms with Gasteiger partial charge in [-0.15, -0.1) is 0 Å². The number of hydrogen-bond acceptors (Lipinski definition) is 7. The number of carbonyl (C=O) groups excluding carboxylic acids is 2. The molecule has 0 aliphatic carbocycles. The van der Waals surface area contributed by atoms with Crippen LogP contribution in [0.3, 0.4) is 0 Å².